The van der Waals surface area contributed by atoms with Crippen molar-refractivity contribution in [3.63, 3.8) is 0 Å². The van der Waals surface area contributed by atoms with Crippen LogP contribution in [-0.4, -0.2) is 48.6 Å². The molecule has 0 bridgehead atoms. The third-order valence-corrected chi connectivity index (χ3v) is 6.78. The largest absolute Gasteiger partial charge is 0.377 e. The van der Waals surface area contributed by atoms with Crippen molar-refractivity contribution in [3.8, 4) is 0 Å². The SMILES string of the molecule is CCCO[C@H]1C[C@@H](C(=O)N2CCC3(CC2)C(=O)Nc2ccccc23)CC[C@@H]1N. The number of hydrogen-bond acceptors (Lipinski definition) is 4. The van der Waals surface area contributed by atoms with E-state index in [9.17, 15) is 9.59 Å². The van der Waals surface area contributed by atoms with Crippen LogP contribution in [0.4, 0.5) is 5.69 Å². The molecule has 6 heteroatoms. The molecule has 3 N–H and O–H groups in total. The molecule has 1 aliphatic carbocycles. The van der Waals surface area contributed by atoms with E-state index >= 15 is 0 Å². The lowest BCUT2D eigenvalue weighted by molar-refractivity contribution is -0.142. The minimum Gasteiger partial charge on any atom is -0.377 e. The highest BCUT2D eigenvalue weighted by atomic mass is 16.5. The number of nitrogens with two attached hydrogens (primary N) is 1. The minimum absolute atomic E-state index is 0.0135. The summed E-state index contributed by atoms with van der Waals surface area (Å²) < 4.78 is 5.89. The van der Waals surface area contributed by atoms with Crippen LogP contribution in [0.3, 0.4) is 0 Å². The number of carbonyl (C=O) groups is 2. The number of likely N-dealkylation sites (tertiary alicyclic amines) is 1. The van der Waals surface area contributed by atoms with E-state index in [-0.39, 0.29) is 29.9 Å². The van der Waals surface area contributed by atoms with Crippen LogP contribution in [0.5, 0.6) is 0 Å². The summed E-state index contributed by atoms with van der Waals surface area (Å²) in [5.74, 6) is 0.274. The summed E-state index contributed by atoms with van der Waals surface area (Å²) in [7, 11) is 0. The molecule has 6 nitrogen and oxygen atoms in total. The molecule has 1 aromatic carbocycles. The lowest BCUT2D eigenvalue weighted by Crippen LogP contribution is -2.51. The molecule has 3 atom stereocenters. The van der Waals surface area contributed by atoms with Crippen LogP contribution in [0.1, 0.15) is 51.0 Å². The van der Waals surface area contributed by atoms with Gasteiger partial charge in [-0.25, -0.2) is 0 Å². The Morgan fingerprint density at radius 2 is 2.04 bits per heavy atom. The highest BCUT2D eigenvalue weighted by Crippen LogP contribution is 2.45. The molecule has 0 unspecified atom stereocenters. The molecule has 0 radical (unpaired) electrons. The number of nitrogens with zero attached hydrogens (tertiary/aromatic N) is 1. The van der Waals surface area contributed by atoms with Crippen molar-refractivity contribution in [1.29, 1.82) is 0 Å². The molecule has 28 heavy (non-hydrogen) atoms. The molecule has 4 rings (SSSR count). The third kappa shape index (κ3) is 3.33. The zero-order chi connectivity index (χ0) is 19.7. The van der Waals surface area contributed by atoms with Gasteiger partial charge >= 0.3 is 0 Å². The van der Waals surface area contributed by atoms with Crippen molar-refractivity contribution in [2.45, 2.75) is 63.0 Å². The zero-order valence-electron chi connectivity index (χ0n) is 16.7. The fourth-order valence-corrected chi connectivity index (χ4v) is 5.07. The van der Waals surface area contributed by atoms with Gasteiger partial charge in [-0.15, -0.1) is 0 Å². The number of hydrogen-bond donors (Lipinski definition) is 2. The molecule has 2 fully saturated rings. The van der Waals surface area contributed by atoms with Crippen LogP contribution in [0.15, 0.2) is 24.3 Å². The molecule has 1 spiro atoms. The van der Waals surface area contributed by atoms with Crippen molar-refractivity contribution in [3.05, 3.63) is 29.8 Å². The van der Waals surface area contributed by atoms with Crippen molar-refractivity contribution in [2.24, 2.45) is 11.7 Å². The highest BCUT2D eigenvalue weighted by molar-refractivity contribution is 6.06. The van der Waals surface area contributed by atoms with Crippen LogP contribution in [0, 0.1) is 5.92 Å². The van der Waals surface area contributed by atoms with Gasteiger partial charge in [-0.3, -0.25) is 9.59 Å². The monoisotopic (exact) mass is 385 g/mol. The molecule has 1 saturated carbocycles. The van der Waals surface area contributed by atoms with Gasteiger partial charge < -0.3 is 20.7 Å². The Morgan fingerprint density at radius 1 is 1.29 bits per heavy atom. The second-order valence-corrected chi connectivity index (χ2v) is 8.49. The number of rotatable bonds is 4. The Morgan fingerprint density at radius 3 is 2.79 bits per heavy atom. The van der Waals surface area contributed by atoms with Gasteiger partial charge in [-0.1, -0.05) is 25.1 Å². The molecule has 2 amide bonds. The summed E-state index contributed by atoms with van der Waals surface area (Å²) >= 11 is 0. The van der Waals surface area contributed by atoms with Crippen LogP contribution >= 0.6 is 0 Å². The predicted octanol–water partition coefficient (Wildman–Crippen LogP) is 2.42. The lowest BCUT2D eigenvalue weighted by atomic mass is 9.73. The van der Waals surface area contributed by atoms with E-state index in [1.54, 1.807) is 0 Å². The summed E-state index contributed by atoms with van der Waals surface area (Å²) in [6, 6.07) is 7.96. The minimum atomic E-state index is -0.477. The Hall–Kier alpha value is -1.92. The van der Waals surface area contributed by atoms with Gasteiger partial charge in [-0.05, 0) is 50.2 Å². The number of amides is 2. The maximum Gasteiger partial charge on any atom is 0.235 e. The lowest BCUT2D eigenvalue weighted by Gasteiger charge is -2.41. The molecular formula is C22H31N3O3. The summed E-state index contributed by atoms with van der Waals surface area (Å²) in [6.07, 6.45) is 4.68. The summed E-state index contributed by atoms with van der Waals surface area (Å²) in [6.45, 7) is 4.03. The number of anilines is 1. The number of piperidine rings is 1. The van der Waals surface area contributed by atoms with Crippen molar-refractivity contribution in [2.75, 3.05) is 25.0 Å². The molecule has 3 aliphatic rings. The Labute approximate surface area is 166 Å². The fourth-order valence-electron chi connectivity index (χ4n) is 5.07. The van der Waals surface area contributed by atoms with E-state index in [2.05, 4.69) is 12.2 Å². The smallest absolute Gasteiger partial charge is 0.235 e. The zero-order valence-corrected chi connectivity index (χ0v) is 16.7. The van der Waals surface area contributed by atoms with E-state index in [1.807, 2.05) is 29.2 Å². The average Bonchev–Trinajstić information content (AvgIpc) is 2.99. The number of benzene rings is 1. The van der Waals surface area contributed by atoms with E-state index in [0.29, 0.717) is 39.0 Å². The van der Waals surface area contributed by atoms with Gasteiger partial charge in [0, 0.05) is 37.3 Å². The molecule has 152 valence electrons. The maximum absolute atomic E-state index is 13.1. The number of fused-ring (bicyclic) bond motifs is 2. The number of carbonyl (C=O) groups excluding carboxylic acids is 2. The van der Waals surface area contributed by atoms with Gasteiger partial charge in [0.15, 0.2) is 0 Å². The molecule has 1 saturated heterocycles. The standard InChI is InChI=1S/C22H31N3O3/c1-2-13-28-19-14-15(7-8-17(19)23)20(26)25-11-9-22(10-12-25)16-5-3-4-6-18(16)24-21(22)27/h3-6,15,17,19H,2,7-14,23H2,1H3,(H,24,27)/t15-,17-,19-/m0/s1. The topological polar surface area (TPSA) is 84.7 Å². The van der Waals surface area contributed by atoms with E-state index in [0.717, 1.165) is 30.5 Å². The van der Waals surface area contributed by atoms with Crippen molar-refractivity contribution in [1.82, 2.24) is 4.90 Å². The van der Waals surface area contributed by atoms with Crippen LogP contribution in [0.2, 0.25) is 0 Å². The van der Waals surface area contributed by atoms with Crippen LogP contribution in [-0.2, 0) is 19.7 Å². The van der Waals surface area contributed by atoms with Crippen LogP contribution < -0.4 is 11.1 Å². The first-order chi connectivity index (χ1) is 13.5. The maximum atomic E-state index is 13.1. The van der Waals surface area contributed by atoms with Gasteiger partial charge in [-0.2, -0.15) is 0 Å². The number of nitrogens with one attached hydrogen (secondary N) is 1. The first kappa shape index (κ1) is 19.4. The van der Waals surface area contributed by atoms with Crippen molar-refractivity contribution < 1.29 is 14.3 Å². The van der Waals surface area contributed by atoms with E-state index in [1.165, 1.54) is 0 Å². The van der Waals surface area contributed by atoms with Gasteiger partial charge in [0.2, 0.25) is 11.8 Å². The van der Waals surface area contributed by atoms with E-state index < -0.39 is 5.41 Å². The second-order valence-electron chi connectivity index (χ2n) is 8.49. The summed E-state index contributed by atoms with van der Waals surface area (Å²) in [5, 5.41) is 3.02. The molecule has 0 aromatic heterocycles. The Balaban J connectivity index is 1.40. The first-order valence-electron chi connectivity index (χ1n) is 10.6. The Bertz CT molecular complexity index is 742. The Kier molecular flexibility index (Phi) is 5.43. The number of ether oxygens (including phenoxy) is 1. The predicted molar refractivity (Wildman–Crippen MR) is 108 cm³/mol. The van der Waals surface area contributed by atoms with Gasteiger partial charge in [0.1, 0.15) is 0 Å². The van der Waals surface area contributed by atoms with Crippen molar-refractivity contribution >= 4 is 17.5 Å². The summed E-state index contributed by atoms with van der Waals surface area (Å²) in [5.41, 5.74) is 7.74. The second kappa shape index (κ2) is 7.84. The van der Waals surface area contributed by atoms with E-state index in [4.69, 9.17) is 10.5 Å². The summed E-state index contributed by atoms with van der Waals surface area (Å²) in [4.78, 5) is 27.8. The average molecular weight is 386 g/mol. The molecule has 2 heterocycles. The third-order valence-electron chi connectivity index (χ3n) is 6.78. The molecular weight excluding hydrogens is 354 g/mol. The quantitative estimate of drug-likeness (QED) is 0.834. The number of para-hydroxylation sites is 1. The van der Waals surface area contributed by atoms with Gasteiger partial charge in [0.05, 0.1) is 11.5 Å². The van der Waals surface area contributed by atoms with Crippen LogP contribution in [0.25, 0.3) is 0 Å². The first-order valence-corrected chi connectivity index (χ1v) is 10.6. The molecule has 2 aliphatic heterocycles. The van der Waals surface area contributed by atoms with Gasteiger partial charge in [0.25, 0.3) is 0 Å². The normalized spacial score (nSPS) is 28.9. The molecule has 1 aromatic rings. The fraction of sp³-hybridized carbons (Fsp3) is 0.636. The highest BCUT2D eigenvalue weighted by Gasteiger charge is 2.49.